The second-order valence-corrected chi connectivity index (χ2v) is 9.40. The molecular weight excluding hydrogens is 362 g/mol. The average Bonchev–Trinajstić information content (AvgIpc) is 2.99. The molecule has 1 atom stereocenters. The van der Waals surface area contributed by atoms with E-state index in [1.54, 1.807) is 4.90 Å². The molecule has 0 aliphatic carbocycles. The summed E-state index contributed by atoms with van der Waals surface area (Å²) in [6, 6.07) is 15.2. The van der Waals surface area contributed by atoms with E-state index in [1.165, 1.54) is 0 Å². The van der Waals surface area contributed by atoms with Crippen LogP contribution in [0.15, 0.2) is 48.5 Å². The molecule has 1 fully saturated rings. The van der Waals surface area contributed by atoms with Crippen LogP contribution in [0.25, 0.3) is 0 Å². The van der Waals surface area contributed by atoms with Crippen molar-refractivity contribution >= 4 is 15.7 Å². The smallest absolute Gasteiger partial charge is 0.261 e. The molecule has 0 N–H and O–H groups in total. The molecule has 27 heavy (non-hydrogen) atoms. The third-order valence-electron chi connectivity index (χ3n) is 4.79. The number of aryl methyl sites for hydroxylation is 2. The van der Waals surface area contributed by atoms with Crippen molar-refractivity contribution in [3.8, 4) is 5.75 Å². The van der Waals surface area contributed by atoms with Crippen molar-refractivity contribution in [1.29, 1.82) is 0 Å². The van der Waals surface area contributed by atoms with Crippen molar-refractivity contribution in [1.82, 2.24) is 4.90 Å². The maximum atomic E-state index is 12.9. The molecule has 1 heterocycles. The first-order chi connectivity index (χ1) is 12.8. The van der Waals surface area contributed by atoms with Crippen LogP contribution in [0.1, 0.15) is 23.1 Å². The summed E-state index contributed by atoms with van der Waals surface area (Å²) in [5, 5.41) is 0. The van der Waals surface area contributed by atoms with Gasteiger partial charge in [0.2, 0.25) is 0 Å². The predicted octanol–water partition coefficient (Wildman–Crippen LogP) is 2.90. The number of hydrogen-bond acceptors (Lipinski definition) is 4. The molecule has 1 saturated heterocycles. The van der Waals surface area contributed by atoms with Crippen molar-refractivity contribution in [3.63, 3.8) is 0 Å². The highest BCUT2D eigenvalue weighted by Crippen LogP contribution is 2.21. The largest absolute Gasteiger partial charge is 0.484 e. The van der Waals surface area contributed by atoms with Crippen molar-refractivity contribution in [2.75, 3.05) is 18.1 Å². The summed E-state index contributed by atoms with van der Waals surface area (Å²) in [6.07, 6.45) is 0.477. The van der Waals surface area contributed by atoms with Crippen LogP contribution in [-0.4, -0.2) is 43.4 Å². The molecule has 2 aromatic rings. The first-order valence-corrected chi connectivity index (χ1v) is 10.9. The van der Waals surface area contributed by atoms with Crippen molar-refractivity contribution < 1.29 is 17.9 Å². The fourth-order valence-electron chi connectivity index (χ4n) is 3.27. The molecular formula is C21H25NO4S. The normalized spacial score (nSPS) is 18.2. The van der Waals surface area contributed by atoms with Gasteiger partial charge in [0.15, 0.2) is 16.4 Å². The van der Waals surface area contributed by atoms with Crippen LogP contribution in [0.5, 0.6) is 5.75 Å². The van der Waals surface area contributed by atoms with E-state index >= 15 is 0 Å². The third-order valence-corrected chi connectivity index (χ3v) is 6.55. The van der Waals surface area contributed by atoms with E-state index in [1.807, 2.05) is 62.4 Å². The number of ether oxygens (including phenoxy) is 1. The minimum absolute atomic E-state index is 0.0229. The molecule has 144 valence electrons. The number of nitrogens with zero attached hydrogens (tertiary/aromatic N) is 1. The number of hydrogen-bond donors (Lipinski definition) is 0. The lowest BCUT2D eigenvalue weighted by Gasteiger charge is -2.28. The van der Waals surface area contributed by atoms with Crippen LogP contribution >= 0.6 is 0 Å². The fourth-order valence-corrected chi connectivity index (χ4v) is 5.00. The first-order valence-electron chi connectivity index (χ1n) is 9.07. The maximum Gasteiger partial charge on any atom is 0.261 e. The molecule has 2 aromatic carbocycles. The predicted molar refractivity (Wildman–Crippen MR) is 105 cm³/mol. The molecule has 5 nitrogen and oxygen atoms in total. The van der Waals surface area contributed by atoms with Gasteiger partial charge in [-0.05, 0) is 43.5 Å². The molecule has 0 aromatic heterocycles. The molecule has 0 saturated carbocycles. The molecule has 0 bridgehead atoms. The fraction of sp³-hybridized carbons (Fsp3) is 0.381. The number of benzene rings is 2. The first kappa shape index (κ1) is 19.4. The molecule has 1 unspecified atom stereocenters. The topological polar surface area (TPSA) is 63.7 Å². The van der Waals surface area contributed by atoms with Gasteiger partial charge in [-0.25, -0.2) is 8.42 Å². The quantitative estimate of drug-likeness (QED) is 0.765. The average molecular weight is 388 g/mol. The lowest BCUT2D eigenvalue weighted by atomic mass is 10.1. The highest BCUT2D eigenvalue weighted by molar-refractivity contribution is 7.91. The Morgan fingerprint density at radius 1 is 1.11 bits per heavy atom. The van der Waals surface area contributed by atoms with Gasteiger partial charge in [0.1, 0.15) is 5.75 Å². The van der Waals surface area contributed by atoms with Gasteiger partial charge in [-0.1, -0.05) is 42.0 Å². The second-order valence-electron chi connectivity index (χ2n) is 7.17. The highest BCUT2D eigenvalue weighted by Gasteiger charge is 2.34. The molecule has 6 heteroatoms. The van der Waals surface area contributed by atoms with Crippen LogP contribution in [-0.2, 0) is 21.2 Å². The van der Waals surface area contributed by atoms with Crippen molar-refractivity contribution in [2.24, 2.45) is 0 Å². The van der Waals surface area contributed by atoms with E-state index in [0.29, 0.717) is 18.7 Å². The Bertz CT molecular complexity index is 906. The monoisotopic (exact) mass is 387 g/mol. The van der Waals surface area contributed by atoms with Crippen LogP contribution in [0, 0.1) is 13.8 Å². The SMILES string of the molecule is Cc1ccc(CN(C(=O)COc2cccc(C)c2)C2CCS(=O)(=O)C2)cc1. The summed E-state index contributed by atoms with van der Waals surface area (Å²) in [4.78, 5) is 14.5. The van der Waals surface area contributed by atoms with E-state index in [0.717, 1.165) is 16.7 Å². The summed E-state index contributed by atoms with van der Waals surface area (Å²) in [6.45, 7) is 4.25. The summed E-state index contributed by atoms with van der Waals surface area (Å²) >= 11 is 0. The standard InChI is InChI=1S/C21H25NO4S/c1-16-6-8-18(9-7-16)13-22(19-10-11-27(24,25)15-19)21(23)14-26-20-5-3-4-17(2)12-20/h3-9,12,19H,10-11,13-15H2,1-2H3. The van der Waals surface area contributed by atoms with E-state index in [-0.39, 0.29) is 30.1 Å². The van der Waals surface area contributed by atoms with Crippen LogP contribution in [0.3, 0.4) is 0 Å². The van der Waals surface area contributed by atoms with Gasteiger partial charge in [0.25, 0.3) is 5.91 Å². The number of sulfone groups is 1. The summed E-state index contributed by atoms with van der Waals surface area (Å²) in [7, 11) is -3.08. The van der Waals surface area contributed by atoms with Crippen molar-refractivity contribution in [3.05, 3.63) is 65.2 Å². The van der Waals surface area contributed by atoms with Crippen LogP contribution in [0.2, 0.25) is 0 Å². The number of carbonyl (C=O) groups excluding carboxylic acids is 1. The molecule has 0 spiro atoms. The lowest BCUT2D eigenvalue weighted by Crippen LogP contribution is -2.43. The summed E-state index contributed by atoms with van der Waals surface area (Å²) in [5.41, 5.74) is 3.18. The number of carbonyl (C=O) groups is 1. The van der Waals surface area contributed by atoms with Gasteiger partial charge >= 0.3 is 0 Å². The number of rotatable bonds is 6. The van der Waals surface area contributed by atoms with Crippen LogP contribution in [0.4, 0.5) is 0 Å². The Hall–Kier alpha value is -2.34. The Morgan fingerprint density at radius 3 is 2.48 bits per heavy atom. The molecule has 3 rings (SSSR count). The zero-order valence-corrected chi connectivity index (χ0v) is 16.5. The van der Waals surface area contributed by atoms with Crippen LogP contribution < -0.4 is 4.74 Å². The van der Waals surface area contributed by atoms with Gasteiger partial charge < -0.3 is 9.64 Å². The zero-order chi connectivity index (χ0) is 19.4. The molecule has 1 aliphatic rings. The molecule has 0 radical (unpaired) electrons. The van der Waals surface area contributed by atoms with Gasteiger partial charge in [0, 0.05) is 12.6 Å². The van der Waals surface area contributed by atoms with E-state index in [9.17, 15) is 13.2 Å². The summed E-state index contributed by atoms with van der Waals surface area (Å²) < 4.78 is 29.5. The Balaban J connectivity index is 1.73. The van der Waals surface area contributed by atoms with Gasteiger partial charge in [-0.2, -0.15) is 0 Å². The molecule has 1 amide bonds. The summed E-state index contributed by atoms with van der Waals surface area (Å²) in [5.74, 6) is 0.597. The Kier molecular flexibility index (Phi) is 5.85. The van der Waals surface area contributed by atoms with Gasteiger partial charge in [-0.15, -0.1) is 0 Å². The van der Waals surface area contributed by atoms with E-state index in [2.05, 4.69) is 0 Å². The van der Waals surface area contributed by atoms with Gasteiger partial charge in [0.05, 0.1) is 11.5 Å². The minimum Gasteiger partial charge on any atom is -0.484 e. The van der Waals surface area contributed by atoms with E-state index < -0.39 is 9.84 Å². The Labute approximate surface area is 160 Å². The van der Waals surface area contributed by atoms with E-state index in [4.69, 9.17) is 4.74 Å². The van der Waals surface area contributed by atoms with Crippen molar-refractivity contribution in [2.45, 2.75) is 32.9 Å². The maximum absolute atomic E-state index is 12.9. The van der Waals surface area contributed by atoms with Gasteiger partial charge in [-0.3, -0.25) is 4.79 Å². The lowest BCUT2D eigenvalue weighted by molar-refractivity contribution is -0.136. The highest BCUT2D eigenvalue weighted by atomic mass is 32.2. The zero-order valence-electron chi connectivity index (χ0n) is 15.7. The number of amides is 1. The Morgan fingerprint density at radius 2 is 1.85 bits per heavy atom. The third kappa shape index (κ3) is 5.32. The molecule has 1 aliphatic heterocycles. The second kappa shape index (κ2) is 8.13. The minimum atomic E-state index is -3.08.